The van der Waals surface area contributed by atoms with Gasteiger partial charge in [0.25, 0.3) is 0 Å². The first-order valence-corrected chi connectivity index (χ1v) is 6.06. The summed E-state index contributed by atoms with van der Waals surface area (Å²) >= 11 is 5.92. The summed E-state index contributed by atoms with van der Waals surface area (Å²) in [6, 6.07) is 7.29. The fourth-order valence-corrected chi connectivity index (χ4v) is 1.90. The van der Waals surface area contributed by atoms with E-state index in [1.807, 2.05) is 10.8 Å². The van der Waals surface area contributed by atoms with E-state index in [1.54, 1.807) is 24.4 Å². The number of halogens is 1. The van der Waals surface area contributed by atoms with Gasteiger partial charge in [-0.2, -0.15) is 5.26 Å². The number of nitriles is 1. The summed E-state index contributed by atoms with van der Waals surface area (Å²) in [6.07, 6.45) is 3.70. The molecule has 5 heteroatoms. The summed E-state index contributed by atoms with van der Waals surface area (Å²) in [7, 11) is 0. The molecule has 0 aliphatic rings. The van der Waals surface area contributed by atoms with E-state index in [4.69, 9.17) is 16.9 Å². The maximum Gasteiger partial charge on any atom is 0.128 e. The van der Waals surface area contributed by atoms with Crippen LogP contribution in [0.2, 0.25) is 5.02 Å². The Morgan fingerprint density at radius 3 is 3.06 bits per heavy atom. The van der Waals surface area contributed by atoms with Gasteiger partial charge in [-0.1, -0.05) is 11.6 Å². The van der Waals surface area contributed by atoms with Crippen LogP contribution in [0.25, 0.3) is 0 Å². The Balaban J connectivity index is 2.15. The molecule has 0 aliphatic carbocycles. The molecule has 0 bridgehead atoms. The number of hydrogen-bond donors (Lipinski definition) is 1. The molecule has 2 rings (SSSR count). The highest BCUT2D eigenvalue weighted by Crippen LogP contribution is 2.20. The molecule has 1 heterocycles. The Morgan fingerprint density at radius 1 is 1.50 bits per heavy atom. The molecule has 92 valence electrons. The maximum absolute atomic E-state index is 9.01. The third-order valence-corrected chi connectivity index (χ3v) is 2.92. The molecule has 1 aromatic heterocycles. The minimum Gasteiger partial charge on any atom is -0.377 e. The van der Waals surface area contributed by atoms with E-state index in [9.17, 15) is 0 Å². The molecule has 0 unspecified atom stereocenters. The first kappa shape index (κ1) is 12.5. The van der Waals surface area contributed by atoms with Crippen LogP contribution < -0.4 is 5.32 Å². The fraction of sp³-hybridized carbons (Fsp3) is 0.231. The second kappa shape index (κ2) is 5.56. The molecule has 0 fully saturated rings. The van der Waals surface area contributed by atoms with Crippen LogP contribution in [-0.2, 0) is 13.1 Å². The lowest BCUT2D eigenvalue weighted by Gasteiger charge is -2.09. The number of aryl methyl sites for hydroxylation is 1. The van der Waals surface area contributed by atoms with Gasteiger partial charge in [0.2, 0.25) is 0 Å². The van der Waals surface area contributed by atoms with Gasteiger partial charge in [-0.25, -0.2) is 4.98 Å². The van der Waals surface area contributed by atoms with Crippen LogP contribution in [0.5, 0.6) is 0 Å². The van der Waals surface area contributed by atoms with Crippen LogP contribution in [0, 0.1) is 11.3 Å². The number of rotatable bonds is 4. The zero-order valence-corrected chi connectivity index (χ0v) is 10.8. The van der Waals surface area contributed by atoms with E-state index in [0.29, 0.717) is 17.1 Å². The maximum atomic E-state index is 9.01. The standard InChI is InChI=1S/C13H13ClN4/c1-2-18-6-5-16-13(18)9-17-12-7-11(14)4-3-10(12)8-15/h3-7,17H,2,9H2,1H3. The summed E-state index contributed by atoms with van der Waals surface area (Å²) in [5.41, 5.74) is 1.31. The predicted molar refractivity (Wildman–Crippen MR) is 71.4 cm³/mol. The number of anilines is 1. The van der Waals surface area contributed by atoms with E-state index >= 15 is 0 Å². The van der Waals surface area contributed by atoms with Crippen LogP contribution >= 0.6 is 11.6 Å². The van der Waals surface area contributed by atoms with Crippen molar-refractivity contribution in [1.29, 1.82) is 5.26 Å². The van der Waals surface area contributed by atoms with Gasteiger partial charge < -0.3 is 9.88 Å². The monoisotopic (exact) mass is 260 g/mol. The molecule has 0 amide bonds. The first-order valence-electron chi connectivity index (χ1n) is 5.68. The van der Waals surface area contributed by atoms with Crippen molar-refractivity contribution in [1.82, 2.24) is 9.55 Å². The first-order chi connectivity index (χ1) is 8.74. The number of imidazole rings is 1. The molecule has 0 atom stereocenters. The van der Waals surface area contributed by atoms with Crippen molar-refractivity contribution >= 4 is 17.3 Å². The average molecular weight is 261 g/mol. The van der Waals surface area contributed by atoms with Gasteiger partial charge in [-0.3, -0.25) is 0 Å². The van der Waals surface area contributed by atoms with Gasteiger partial charge in [-0.15, -0.1) is 0 Å². The Kier molecular flexibility index (Phi) is 3.85. The highest BCUT2D eigenvalue weighted by atomic mass is 35.5. The molecular formula is C13H13ClN4. The number of aromatic nitrogens is 2. The van der Waals surface area contributed by atoms with Gasteiger partial charge in [0.1, 0.15) is 11.9 Å². The molecular weight excluding hydrogens is 248 g/mol. The molecule has 4 nitrogen and oxygen atoms in total. The van der Waals surface area contributed by atoms with Gasteiger partial charge in [0.05, 0.1) is 17.8 Å². The number of nitrogens with one attached hydrogen (secondary N) is 1. The Bertz CT molecular complexity index is 583. The summed E-state index contributed by atoms with van der Waals surface area (Å²) in [6.45, 7) is 3.50. The lowest BCUT2D eigenvalue weighted by molar-refractivity contribution is 0.708. The highest BCUT2D eigenvalue weighted by molar-refractivity contribution is 6.30. The number of hydrogen-bond acceptors (Lipinski definition) is 3. The van der Waals surface area contributed by atoms with E-state index in [-0.39, 0.29) is 0 Å². The number of nitrogens with zero attached hydrogens (tertiary/aromatic N) is 3. The van der Waals surface area contributed by atoms with Crippen LogP contribution in [0.15, 0.2) is 30.6 Å². The topological polar surface area (TPSA) is 53.6 Å². The van der Waals surface area contributed by atoms with Crippen molar-refractivity contribution in [2.45, 2.75) is 20.0 Å². The Morgan fingerprint density at radius 2 is 2.33 bits per heavy atom. The summed E-state index contributed by atoms with van der Waals surface area (Å²) in [5, 5.41) is 12.8. The van der Waals surface area contributed by atoms with Crippen LogP contribution in [0.3, 0.4) is 0 Å². The quantitative estimate of drug-likeness (QED) is 0.919. The molecule has 18 heavy (non-hydrogen) atoms. The van der Waals surface area contributed by atoms with Crippen molar-refractivity contribution in [3.05, 3.63) is 47.0 Å². The smallest absolute Gasteiger partial charge is 0.128 e. The molecule has 1 aromatic carbocycles. The lowest BCUT2D eigenvalue weighted by Crippen LogP contribution is -2.08. The molecule has 0 spiro atoms. The minimum atomic E-state index is 0.565. The van der Waals surface area contributed by atoms with Crippen molar-refractivity contribution in [2.24, 2.45) is 0 Å². The van der Waals surface area contributed by atoms with Crippen LogP contribution in [-0.4, -0.2) is 9.55 Å². The van der Waals surface area contributed by atoms with Crippen LogP contribution in [0.4, 0.5) is 5.69 Å². The van der Waals surface area contributed by atoms with Gasteiger partial charge in [0.15, 0.2) is 0 Å². The Labute approximate surface area is 111 Å². The molecule has 0 saturated heterocycles. The van der Waals surface area contributed by atoms with E-state index in [2.05, 4.69) is 23.3 Å². The summed E-state index contributed by atoms with van der Waals surface area (Å²) < 4.78 is 2.05. The van der Waals surface area contributed by atoms with Crippen molar-refractivity contribution in [3.8, 4) is 6.07 Å². The van der Waals surface area contributed by atoms with E-state index < -0.39 is 0 Å². The normalized spacial score (nSPS) is 10.1. The Hall–Kier alpha value is -1.99. The highest BCUT2D eigenvalue weighted by Gasteiger charge is 2.05. The average Bonchev–Trinajstić information content (AvgIpc) is 2.84. The minimum absolute atomic E-state index is 0.565. The second-order valence-electron chi connectivity index (χ2n) is 3.78. The van der Waals surface area contributed by atoms with Crippen molar-refractivity contribution < 1.29 is 0 Å². The van der Waals surface area contributed by atoms with Crippen molar-refractivity contribution in [2.75, 3.05) is 5.32 Å². The molecule has 0 aliphatic heterocycles. The van der Waals surface area contributed by atoms with Gasteiger partial charge >= 0.3 is 0 Å². The SMILES string of the molecule is CCn1ccnc1CNc1cc(Cl)ccc1C#N. The zero-order valence-electron chi connectivity index (χ0n) is 10.0. The van der Waals surface area contributed by atoms with Crippen LogP contribution in [0.1, 0.15) is 18.3 Å². The van der Waals surface area contributed by atoms with Gasteiger partial charge in [0, 0.05) is 24.0 Å². The fourth-order valence-electron chi connectivity index (χ4n) is 1.73. The molecule has 2 aromatic rings. The largest absolute Gasteiger partial charge is 0.377 e. The summed E-state index contributed by atoms with van der Waals surface area (Å²) in [5.74, 6) is 0.932. The predicted octanol–water partition coefficient (Wildman–Crippen LogP) is 3.04. The van der Waals surface area contributed by atoms with Crippen molar-refractivity contribution in [3.63, 3.8) is 0 Å². The third kappa shape index (κ3) is 2.63. The lowest BCUT2D eigenvalue weighted by atomic mass is 10.2. The second-order valence-corrected chi connectivity index (χ2v) is 4.22. The molecule has 1 N–H and O–H groups in total. The zero-order chi connectivity index (χ0) is 13.0. The van der Waals surface area contributed by atoms with E-state index in [1.165, 1.54) is 0 Å². The summed E-state index contributed by atoms with van der Waals surface area (Å²) in [4.78, 5) is 4.26. The molecule has 0 saturated carbocycles. The number of benzene rings is 1. The van der Waals surface area contributed by atoms with Gasteiger partial charge in [-0.05, 0) is 25.1 Å². The molecule has 0 radical (unpaired) electrons. The third-order valence-electron chi connectivity index (χ3n) is 2.68. The van der Waals surface area contributed by atoms with E-state index in [0.717, 1.165) is 18.1 Å².